The van der Waals surface area contributed by atoms with Crippen molar-refractivity contribution in [2.45, 2.75) is 44.6 Å². The van der Waals surface area contributed by atoms with E-state index in [0.29, 0.717) is 24.0 Å². The standard InChI is InChI=1S/C21H24N6O.ClH/c28-21(20-16-13-22-11-10-17(16)24-25-20)23-19-12-18(14-6-4-5-7-14)26-27(19)15-8-2-1-3-9-15;/h1-3,8-9,12,14,22H,4-7,10-11,13H2,(H,23,28)(H,24,25);1H. The minimum Gasteiger partial charge on any atom is -0.312 e. The summed E-state index contributed by atoms with van der Waals surface area (Å²) >= 11 is 0. The third-order valence-corrected chi connectivity index (χ3v) is 5.77. The van der Waals surface area contributed by atoms with Crippen LogP contribution < -0.4 is 10.6 Å². The zero-order valence-corrected chi connectivity index (χ0v) is 17.0. The number of hydrogen-bond donors (Lipinski definition) is 3. The van der Waals surface area contributed by atoms with E-state index in [1.165, 1.54) is 12.8 Å². The Labute approximate surface area is 175 Å². The van der Waals surface area contributed by atoms with Gasteiger partial charge in [-0.15, -0.1) is 12.4 Å². The first kappa shape index (κ1) is 19.7. The Bertz CT molecular complexity index is 990. The molecule has 0 atom stereocenters. The molecule has 3 aromatic rings. The number of para-hydroxylation sites is 1. The maximum atomic E-state index is 13.0. The largest absolute Gasteiger partial charge is 0.312 e. The smallest absolute Gasteiger partial charge is 0.277 e. The molecule has 0 saturated heterocycles. The van der Waals surface area contributed by atoms with Crippen molar-refractivity contribution in [1.29, 1.82) is 0 Å². The molecule has 5 rings (SSSR count). The molecule has 0 radical (unpaired) electrons. The number of hydrogen-bond acceptors (Lipinski definition) is 4. The highest BCUT2D eigenvalue weighted by Gasteiger charge is 2.25. The van der Waals surface area contributed by atoms with Gasteiger partial charge in [-0.1, -0.05) is 31.0 Å². The molecule has 2 aliphatic rings. The number of nitrogens with zero attached hydrogens (tertiary/aromatic N) is 3. The number of amides is 1. The summed E-state index contributed by atoms with van der Waals surface area (Å²) in [5.41, 5.74) is 4.47. The lowest BCUT2D eigenvalue weighted by Gasteiger charge is -2.13. The van der Waals surface area contributed by atoms with Gasteiger partial charge in [0.1, 0.15) is 5.82 Å². The predicted octanol–water partition coefficient (Wildman–Crippen LogP) is 3.57. The van der Waals surface area contributed by atoms with Gasteiger partial charge in [0.05, 0.1) is 11.4 Å². The van der Waals surface area contributed by atoms with Crippen LogP contribution in [0.2, 0.25) is 0 Å². The molecule has 1 aliphatic carbocycles. The van der Waals surface area contributed by atoms with Gasteiger partial charge >= 0.3 is 0 Å². The van der Waals surface area contributed by atoms with Crippen molar-refractivity contribution in [1.82, 2.24) is 25.3 Å². The summed E-state index contributed by atoms with van der Waals surface area (Å²) in [6.07, 6.45) is 5.69. The average Bonchev–Trinajstić information content (AvgIpc) is 3.47. The molecule has 29 heavy (non-hydrogen) atoms. The van der Waals surface area contributed by atoms with Gasteiger partial charge in [0.25, 0.3) is 5.91 Å². The summed E-state index contributed by atoms with van der Waals surface area (Å²) in [5, 5.41) is 18.5. The van der Waals surface area contributed by atoms with Crippen LogP contribution in [-0.4, -0.2) is 32.4 Å². The molecule has 0 unspecified atom stereocenters. The number of carbonyl (C=O) groups is 1. The summed E-state index contributed by atoms with van der Waals surface area (Å²) in [4.78, 5) is 13.0. The van der Waals surface area contributed by atoms with E-state index in [2.05, 4.69) is 20.8 Å². The van der Waals surface area contributed by atoms with E-state index in [9.17, 15) is 4.79 Å². The Hall–Kier alpha value is -2.64. The van der Waals surface area contributed by atoms with E-state index in [-0.39, 0.29) is 18.3 Å². The summed E-state index contributed by atoms with van der Waals surface area (Å²) in [6.45, 7) is 1.57. The molecule has 0 bridgehead atoms. The second-order valence-electron chi connectivity index (χ2n) is 7.59. The highest BCUT2D eigenvalue weighted by Crippen LogP contribution is 2.35. The lowest BCUT2D eigenvalue weighted by molar-refractivity contribution is 0.102. The maximum absolute atomic E-state index is 13.0. The molecule has 1 aromatic carbocycles. The van der Waals surface area contributed by atoms with Crippen molar-refractivity contribution in [3.05, 3.63) is 59.0 Å². The van der Waals surface area contributed by atoms with E-state index in [4.69, 9.17) is 5.10 Å². The van der Waals surface area contributed by atoms with Crippen LogP contribution in [0.4, 0.5) is 5.82 Å². The van der Waals surface area contributed by atoms with Crippen LogP contribution in [0.1, 0.15) is 59.0 Å². The molecule has 0 spiro atoms. The Balaban J connectivity index is 0.00000205. The van der Waals surface area contributed by atoms with Crippen molar-refractivity contribution in [2.24, 2.45) is 0 Å². The van der Waals surface area contributed by atoms with Crippen LogP contribution in [0.15, 0.2) is 36.4 Å². The molecule has 7 nitrogen and oxygen atoms in total. The topological polar surface area (TPSA) is 87.6 Å². The number of anilines is 1. The zero-order valence-electron chi connectivity index (χ0n) is 16.1. The normalized spacial score (nSPS) is 16.3. The fourth-order valence-corrected chi connectivity index (χ4v) is 4.26. The number of rotatable bonds is 4. The van der Waals surface area contributed by atoms with Gasteiger partial charge in [0.15, 0.2) is 5.69 Å². The third-order valence-electron chi connectivity index (χ3n) is 5.77. The van der Waals surface area contributed by atoms with Gasteiger partial charge in [0.2, 0.25) is 0 Å². The first-order chi connectivity index (χ1) is 13.8. The third kappa shape index (κ3) is 3.80. The van der Waals surface area contributed by atoms with Crippen molar-refractivity contribution in [3.8, 4) is 5.69 Å². The fraction of sp³-hybridized carbons (Fsp3) is 0.381. The van der Waals surface area contributed by atoms with Gasteiger partial charge in [-0.3, -0.25) is 9.89 Å². The molecular formula is C21H25ClN6O. The van der Waals surface area contributed by atoms with Gasteiger partial charge < -0.3 is 10.6 Å². The highest BCUT2D eigenvalue weighted by atomic mass is 35.5. The molecule has 152 valence electrons. The van der Waals surface area contributed by atoms with Crippen LogP contribution in [0.25, 0.3) is 5.69 Å². The van der Waals surface area contributed by atoms with Crippen LogP contribution in [-0.2, 0) is 13.0 Å². The second-order valence-corrected chi connectivity index (χ2v) is 7.59. The molecule has 2 aromatic heterocycles. The van der Waals surface area contributed by atoms with Crippen molar-refractivity contribution < 1.29 is 4.79 Å². The van der Waals surface area contributed by atoms with Crippen LogP contribution >= 0.6 is 12.4 Å². The minimum atomic E-state index is -0.198. The molecular weight excluding hydrogens is 388 g/mol. The van der Waals surface area contributed by atoms with E-state index in [1.807, 2.05) is 41.1 Å². The number of nitrogens with one attached hydrogen (secondary N) is 3. The van der Waals surface area contributed by atoms with Crippen molar-refractivity contribution in [2.75, 3.05) is 11.9 Å². The Morgan fingerprint density at radius 1 is 1.17 bits per heavy atom. The number of H-pyrrole nitrogens is 1. The van der Waals surface area contributed by atoms with Gasteiger partial charge in [-0.25, -0.2) is 4.68 Å². The zero-order chi connectivity index (χ0) is 18.9. The van der Waals surface area contributed by atoms with E-state index < -0.39 is 0 Å². The molecule has 1 saturated carbocycles. The fourth-order valence-electron chi connectivity index (χ4n) is 4.26. The molecule has 3 N–H and O–H groups in total. The lowest BCUT2D eigenvalue weighted by atomic mass is 10.0. The summed E-state index contributed by atoms with van der Waals surface area (Å²) < 4.78 is 1.84. The average molecular weight is 413 g/mol. The monoisotopic (exact) mass is 412 g/mol. The maximum Gasteiger partial charge on any atom is 0.277 e. The highest BCUT2D eigenvalue weighted by molar-refractivity contribution is 6.03. The van der Waals surface area contributed by atoms with E-state index >= 15 is 0 Å². The quantitative estimate of drug-likeness (QED) is 0.611. The SMILES string of the molecule is Cl.O=C(Nc1cc(C2CCCC2)nn1-c1ccccc1)c1n[nH]c2c1CNCC2. The molecule has 3 heterocycles. The Morgan fingerprint density at radius 3 is 2.76 bits per heavy atom. The molecule has 1 fully saturated rings. The van der Waals surface area contributed by atoms with Crippen LogP contribution in [0.3, 0.4) is 0 Å². The van der Waals surface area contributed by atoms with Gasteiger partial charge in [0, 0.05) is 42.8 Å². The van der Waals surface area contributed by atoms with Gasteiger partial charge in [-0.05, 0) is 25.0 Å². The lowest BCUT2D eigenvalue weighted by Crippen LogP contribution is -2.25. The molecule has 8 heteroatoms. The number of halogens is 1. The van der Waals surface area contributed by atoms with Crippen molar-refractivity contribution >= 4 is 24.1 Å². The first-order valence-electron chi connectivity index (χ1n) is 10.0. The Kier molecular flexibility index (Phi) is 5.69. The van der Waals surface area contributed by atoms with E-state index in [0.717, 1.165) is 48.4 Å². The number of aromatic nitrogens is 4. The second kappa shape index (κ2) is 8.39. The van der Waals surface area contributed by atoms with Crippen molar-refractivity contribution in [3.63, 3.8) is 0 Å². The minimum absolute atomic E-state index is 0. The first-order valence-corrected chi connectivity index (χ1v) is 10.0. The number of benzene rings is 1. The molecule has 1 amide bonds. The number of fused-ring (bicyclic) bond motifs is 1. The molecule has 1 aliphatic heterocycles. The number of carbonyl (C=O) groups excluding carboxylic acids is 1. The summed E-state index contributed by atoms with van der Waals surface area (Å²) in [7, 11) is 0. The Morgan fingerprint density at radius 2 is 1.97 bits per heavy atom. The summed E-state index contributed by atoms with van der Waals surface area (Å²) in [6, 6.07) is 12.0. The summed E-state index contributed by atoms with van der Waals surface area (Å²) in [5.74, 6) is 0.970. The predicted molar refractivity (Wildman–Crippen MR) is 114 cm³/mol. The van der Waals surface area contributed by atoms with Gasteiger partial charge in [-0.2, -0.15) is 10.2 Å². The van der Waals surface area contributed by atoms with E-state index in [1.54, 1.807) is 0 Å². The number of aromatic amines is 1. The van der Waals surface area contributed by atoms with Crippen LogP contribution in [0, 0.1) is 0 Å². The van der Waals surface area contributed by atoms with Crippen LogP contribution in [0.5, 0.6) is 0 Å².